The third kappa shape index (κ3) is 5.62. The number of thioether (sulfide) groups is 1. The zero-order valence-electron chi connectivity index (χ0n) is 19.6. The number of hydrogen-bond donors (Lipinski definition) is 1. The Bertz CT molecular complexity index is 1110. The topological polar surface area (TPSA) is 58.6 Å². The molecule has 5 nitrogen and oxygen atoms in total. The van der Waals surface area contributed by atoms with Crippen LogP contribution in [0.1, 0.15) is 53.5 Å². The molecule has 0 aliphatic carbocycles. The molecule has 6 heteroatoms. The van der Waals surface area contributed by atoms with Gasteiger partial charge in [-0.1, -0.05) is 44.5 Å². The van der Waals surface area contributed by atoms with E-state index >= 15 is 0 Å². The molecule has 0 bridgehead atoms. The van der Waals surface area contributed by atoms with Gasteiger partial charge < -0.3 is 10.1 Å². The first-order valence-electron chi connectivity index (χ1n) is 11.8. The van der Waals surface area contributed by atoms with E-state index < -0.39 is 0 Å². The predicted molar refractivity (Wildman–Crippen MR) is 140 cm³/mol. The number of amides is 2. The molecule has 2 amide bonds. The van der Waals surface area contributed by atoms with Gasteiger partial charge in [0.05, 0.1) is 12.4 Å². The molecule has 3 aromatic carbocycles. The maximum absolute atomic E-state index is 12.7. The van der Waals surface area contributed by atoms with E-state index in [1.807, 2.05) is 53.4 Å². The van der Waals surface area contributed by atoms with Crippen molar-refractivity contribution >= 4 is 35.0 Å². The van der Waals surface area contributed by atoms with E-state index in [9.17, 15) is 9.59 Å². The summed E-state index contributed by atoms with van der Waals surface area (Å²) in [5.74, 6) is 1.16. The van der Waals surface area contributed by atoms with Gasteiger partial charge in [0.25, 0.3) is 5.91 Å². The fourth-order valence-corrected chi connectivity index (χ4v) is 4.99. The van der Waals surface area contributed by atoms with E-state index in [-0.39, 0.29) is 17.2 Å². The highest BCUT2D eigenvalue weighted by Crippen LogP contribution is 2.42. The molecule has 0 radical (unpaired) electrons. The van der Waals surface area contributed by atoms with E-state index in [0.717, 1.165) is 36.3 Å². The van der Waals surface area contributed by atoms with Crippen molar-refractivity contribution in [3.05, 3.63) is 89.5 Å². The number of rotatable bonds is 9. The summed E-state index contributed by atoms with van der Waals surface area (Å²) in [5.41, 5.74) is 4.48. The fourth-order valence-electron chi connectivity index (χ4n) is 3.81. The Morgan fingerprint density at radius 1 is 1.00 bits per heavy atom. The van der Waals surface area contributed by atoms with E-state index in [1.165, 1.54) is 5.56 Å². The Hall–Kier alpha value is -3.25. The summed E-state index contributed by atoms with van der Waals surface area (Å²) in [5, 5.41) is 2.87. The third-order valence-corrected chi connectivity index (χ3v) is 7.04. The van der Waals surface area contributed by atoms with Gasteiger partial charge in [-0.25, -0.2) is 0 Å². The Kier molecular flexibility index (Phi) is 7.91. The second-order valence-electron chi connectivity index (χ2n) is 8.25. The van der Waals surface area contributed by atoms with Crippen molar-refractivity contribution in [1.29, 1.82) is 0 Å². The van der Waals surface area contributed by atoms with E-state index in [0.29, 0.717) is 23.6 Å². The van der Waals surface area contributed by atoms with Crippen LogP contribution in [0.15, 0.2) is 72.8 Å². The van der Waals surface area contributed by atoms with Crippen molar-refractivity contribution in [2.75, 3.05) is 22.6 Å². The number of anilines is 2. The van der Waals surface area contributed by atoms with Crippen LogP contribution in [0.3, 0.4) is 0 Å². The zero-order chi connectivity index (χ0) is 23.9. The van der Waals surface area contributed by atoms with Gasteiger partial charge in [-0.05, 0) is 72.5 Å². The third-order valence-electron chi connectivity index (χ3n) is 5.83. The molecule has 1 heterocycles. The van der Waals surface area contributed by atoms with Gasteiger partial charge >= 0.3 is 0 Å². The van der Waals surface area contributed by atoms with Gasteiger partial charge in [-0.3, -0.25) is 14.5 Å². The molecule has 0 saturated carbocycles. The molecule has 1 atom stereocenters. The lowest BCUT2D eigenvalue weighted by Crippen LogP contribution is -2.27. The fraction of sp³-hybridized carbons (Fsp3) is 0.286. The van der Waals surface area contributed by atoms with E-state index in [2.05, 4.69) is 31.3 Å². The van der Waals surface area contributed by atoms with Gasteiger partial charge in [0.1, 0.15) is 11.1 Å². The van der Waals surface area contributed by atoms with Gasteiger partial charge in [0.2, 0.25) is 5.91 Å². The minimum absolute atomic E-state index is 0.0787. The summed E-state index contributed by atoms with van der Waals surface area (Å²) in [6, 6.07) is 23.1. The largest absolute Gasteiger partial charge is 0.494 e. The standard InChI is InChI=1S/C28H30N2O3S/c1-3-5-18-33-25-16-10-21(11-17-25)27(32)29-23-12-8-22(9-13-23)28-30(26(31)19-34-28)24-14-6-20(4-2)7-15-24/h6-17,28H,3-5,18-19H2,1-2H3,(H,29,32). The second kappa shape index (κ2) is 11.3. The maximum atomic E-state index is 12.7. The number of carbonyl (C=O) groups excluding carboxylic acids is 2. The lowest BCUT2D eigenvalue weighted by atomic mass is 10.1. The summed E-state index contributed by atoms with van der Waals surface area (Å²) in [4.78, 5) is 27.1. The minimum Gasteiger partial charge on any atom is -0.494 e. The van der Waals surface area contributed by atoms with Gasteiger partial charge in [0, 0.05) is 16.9 Å². The second-order valence-corrected chi connectivity index (χ2v) is 9.32. The highest BCUT2D eigenvalue weighted by Gasteiger charge is 2.33. The quantitative estimate of drug-likeness (QED) is 0.362. The summed E-state index contributed by atoms with van der Waals surface area (Å²) >= 11 is 1.62. The molecule has 1 aliphatic heterocycles. The Morgan fingerprint density at radius 2 is 1.71 bits per heavy atom. The Morgan fingerprint density at radius 3 is 2.35 bits per heavy atom. The smallest absolute Gasteiger partial charge is 0.255 e. The summed E-state index contributed by atoms with van der Waals surface area (Å²) in [7, 11) is 0. The molecule has 176 valence electrons. The van der Waals surface area contributed by atoms with Crippen LogP contribution in [0.25, 0.3) is 0 Å². The number of benzene rings is 3. The Labute approximate surface area is 205 Å². The average molecular weight is 475 g/mol. The first kappa shape index (κ1) is 23.9. The molecule has 34 heavy (non-hydrogen) atoms. The van der Waals surface area contributed by atoms with Crippen LogP contribution in [0.5, 0.6) is 5.75 Å². The molecular weight excluding hydrogens is 444 g/mol. The zero-order valence-corrected chi connectivity index (χ0v) is 20.4. The van der Waals surface area contributed by atoms with Crippen LogP contribution in [0, 0.1) is 0 Å². The molecule has 1 unspecified atom stereocenters. The SMILES string of the molecule is CCCCOc1ccc(C(=O)Nc2ccc(C3SCC(=O)N3c3ccc(CC)cc3)cc2)cc1. The number of nitrogens with zero attached hydrogens (tertiary/aromatic N) is 1. The van der Waals surface area contributed by atoms with Gasteiger partial charge in [-0.15, -0.1) is 11.8 Å². The number of hydrogen-bond acceptors (Lipinski definition) is 4. The molecular formula is C28H30N2O3S. The number of nitrogens with one attached hydrogen (secondary N) is 1. The van der Waals surface area contributed by atoms with E-state index in [4.69, 9.17) is 4.74 Å². The van der Waals surface area contributed by atoms with Crippen LogP contribution >= 0.6 is 11.8 Å². The Balaban J connectivity index is 1.41. The molecule has 1 fully saturated rings. The van der Waals surface area contributed by atoms with Gasteiger partial charge in [0.15, 0.2) is 0 Å². The lowest BCUT2D eigenvalue weighted by Gasteiger charge is -2.24. The molecule has 1 saturated heterocycles. The number of unbranched alkanes of at least 4 members (excludes halogenated alkanes) is 1. The summed E-state index contributed by atoms with van der Waals surface area (Å²) in [6.07, 6.45) is 3.06. The molecule has 0 aromatic heterocycles. The number of aryl methyl sites for hydroxylation is 1. The maximum Gasteiger partial charge on any atom is 0.255 e. The molecule has 0 spiro atoms. The number of ether oxygens (including phenoxy) is 1. The molecule has 1 aliphatic rings. The monoisotopic (exact) mass is 474 g/mol. The number of carbonyl (C=O) groups is 2. The van der Waals surface area contributed by atoms with Crippen LogP contribution < -0.4 is 15.0 Å². The molecule has 4 rings (SSSR count). The highest BCUT2D eigenvalue weighted by molar-refractivity contribution is 8.00. The van der Waals surface area contributed by atoms with Crippen LogP contribution in [0.4, 0.5) is 11.4 Å². The summed E-state index contributed by atoms with van der Waals surface area (Å²) in [6.45, 7) is 4.92. The minimum atomic E-state index is -0.170. The summed E-state index contributed by atoms with van der Waals surface area (Å²) < 4.78 is 5.66. The van der Waals surface area contributed by atoms with Crippen molar-refractivity contribution in [2.45, 2.75) is 38.5 Å². The van der Waals surface area contributed by atoms with Crippen LogP contribution in [-0.2, 0) is 11.2 Å². The molecule has 1 N–H and O–H groups in total. The molecule has 3 aromatic rings. The van der Waals surface area contributed by atoms with Crippen LogP contribution in [0.2, 0.25) is 0 Å². The van der Waals surface area contributed by atoms with Crippen LogP contribution in [-0.4, -0.2) is 24.2 Å². The van der Waals surface area contributed by atoms with Crippen molar-refractivity contribution in [2.24, 2.45) is 0 Å². The van der Waals surface area contributed by atoms with Crippen molar-refractivity contribution in [3.63, 3.8) is 0 Å². The average Bonchev–Trinajstić information content (AvgIpc) is 3.26. The van der Waals surface area contributed by atoms with Crippen molar-refractivity contribution in [1.82, 2.24) is 0 Å². The van der Waals surface area contributed by atoms with Crippen molar-refractivity contribution in [3.8, 4) is 5.75 Å². The highest BCUT2D eigenvalue weighted by atomic mass is 32.2. The van der Waals surface area contributed by atoms with Gasteiger partial charge in [-0.2, -0.15) is 0 Å². The normalized spacial score (nSPS) is 15.4. The lowest BCUT2D eigenvalue weighted by molar-refractivity contribution is -0.115. The van der Waals surface area contributed by atoms with Crippen molar-refractivity contribution < 1.29 is 14.3 Å². The first-order chi connectivity index (χ1) is 16.6. The predicted octanol–water partition coefficient (Wildman–Crippen LogP) is 6.46. The van der Waals surface area contributed by atoms with E-state index in [1.54, 1.807) is 23.9 Å². The first-order valence-corrected chi connectivity index (χ1v) is 12.8.